The van der Waals surface area contributed by atoms with Crippen LogP contribution in [0.1, 0.15) is 201 Å². The van der Waals surface area contributed by atoms with Crippen molar-refractivity contribution in [1.82, 2.24) is 0 Å². The molecule has 17 nitrogen and oxygen atoms in total. The van der Waals surface area contributed by atoms with Crippen molar-refractivity contribution < 1.29 is 83.9 Å². The Bertz CT molecular complexity index is 2000. The molecular weight excluding hydrogens is 1030 g/mol. The molecule has 454 valence electrons. The first-order valence-electron chi connectivity index (χ1n) is 29.6. The molecule has 0 radical (unpaired) electrons. The normalized spacial score (nSPS) is 24.6. The Balaban J connectivity index is 0.000000602. The molecule has 80 heavy (non-hydrogen) atoms. The third kappa shape index (κ3) is 32.0. The zero-order chi connectivity index (χ0) is 60.0. The number of methoxy groups -OCH3 is 1. The number of hydrogen-bond acceptors (Lipinski definition) is 15. The number of Topliss-reactive ketones (excluding diaryl/α,β-unsaturated/α-hetero) is 5. The third-order valence-electron chi connectivity index (χ3n) is 15.1. The van der Waals surface area contributed by atoms with Crippen LogP contribution in [0.3, 0.4) is 0 Å². The summed E-state index contributed by atoms with van der Waals surface area (Å²) in [5.41, 5.74) is 0. The summed E-state index contributed by atoms with van der Waals surface area (Å²) in [6, 6.07) is 0. The van der Waals surface area contributed by atoms with Gasteiger partial charge in [-0.15, -0.1) is 0 Å². The van der Waals surface area contributed by atoms with Gasteiger partial charge in [0.1, 0.15) is 28.9 Å². The van der Waals surface area contributed by atoms with E-state index >= 15 is 0 Å². The number of ketones is 5. The second kappa shape index (κ2) is 43.0. The van der Waals surface area contributed by atoms with E-state index in [0.29, 0.717) is 63.7 Å². The first-order valence-corrected chi connectivity index (χ1v) is 29.6. The van der Waals surface area contributed by atoms with Crippen molar-refractivity contribution in [1.29, 1.82) is 0 Å². The number of hydrogen-bond donors (Lipinski definition) is 8. The molecule has 0 aromatic rings. The van der Waals surface area contributed by atoms with Crippen molar-refractivity contribution in [3.63, 3.8) is 0 Å². The molecule has 0 spiro atoms. The highest BCUT2D eigenvalue weighted by molar-refractivity contribution is 5.91. The van der Waals surface area contributed by atoms with Gasteiger partial charge in [0, 0.05) is 93.3 Å². The van der Waals surface area contributed by atoms with E-state index in [0.717, 1.165) is 57.8 Å². The van der Waals surface area contributed by atoms with Crippen LogP contribution in [-0.4, -0.2) is 131 Å². The van der Waals surface area contributed by atoms with Gasteiger partial charge in [-0.3, -0.25) is 38.4 Å². The van der Waals surface area contributed by atoms with E-state index in [2.05, 4.69) is 32.4 Å². The van der Waals surface area contributed by atoms with Gasteiger partial charge in [-0.1, -0.05) is 146 Å². The fraction of sp³-hybridized carbons (Fsp3) is 0.714. The van der Waals surface area contributed by atoms with Gasteiger partial charge in [0.2, 0.25) is 0 Å². The molecule has 0 heterocycles. The summed E-state index contributed by atoms with van der Waals surface area (Å²) in [5.74, 6) is -4.55. The van der Waals surface area contributed by atoms with E-state index in [1.807, 2.05) is 12.2 Å². The first kappa shape index (κ1) is 73.2. The van der Waals surface area contributed by atoms with Gasteiger partial charge in [0.05, 0.1) is 50.2 Å². The van der Waals surface area contributed by atoms with Crippen molar-refractivity contribution in [2.45, 2.75) is 238 Å². The zero-order valence-electron chi connectivity index (χ0n) is 48.6. The molecule has 0 aromatic carbocycles. The standard InChI is InChI=1S/C23H38O6.C20H30O6.C20H32O5/c1-4-5-8-16(2)13-18(25)11-12-19-20(22(27)15-21(19)26)14-17(24)9-6-7-10-23(28)29-3;1-2-3-4-7-14(21)10-11-16-17(19(24)13-18(16)23)12-15(22)8-5-6-9-20(25)26;1-2-3-6-9-15(21)12-13-17-16(18(22)14-19(17)23)10-7-4-5-8-11-20(24)25/h11-12,16,18-21,25-26H,4-10,13-15H2,1-3H3;5-6,10-11,14,16-18,21,23H,2-4,7-9,12-13H2,1H3,(H,25,26);4,7,12-13,15-17,19,21,23H,2-3,5-6,8-11,14H2,1H3,(H,24,25)/b12-11+;6-5+,11-10+;7-4-,13-12+/t16-,18?,19+,20+,21?;14?,16-,17-,18?;15?,16-,17-,19?/m011/s1. The van der Waals surface area contributed by atoms with Crippen molar-refractivity contribution in [2.24, 2.45) is 41.4 Å². The van der Waals surface area contributed by atoms with Crippen molar-refractivity contribution >= 4 is 46.8 Å². The largest absolute Gasteiger partial charge is 0.481 e. The van der Waals surface area contributed by atoms with Gasteiger partial charge >= 0.3 is 17.9 Å². The lowest BCUT2D eigenvalue weighted by molar-refractivity contribution is -0.141. The van der Waals surface area contributed by atoms with Crippen molar-refractivity contribution in [3.8, 4) is 0 Å². The molecule has 3 aliphatic rings. The van der Waals surface area contributed by atoms with Gasteiger partial charge in [0.25, 0.3) is 0 Å². The van der Waals surface area contributed by atoms with E-state index in [9.17, 15) is 69.0 Å². The Kier molecular flexibility index (Phi) is 39.3. The molecule has 8 N–H and O–H groups in total. The third-order valence-corrected chi connectivity index (χ3v) is 15.1. The lowest BCUT2D eigenvalue weighted by Crippen LogP contribution is -2.22. The van der Waals surface area contributed by atoms with Gasteiger partial charge in [-0.2, -0.15) is 0 Å². The summed E-state index contributed by atoms with van der Waals surface area (Å²) in [4.78, 5) is 92.7. The number of aliphatic hydroxyl groups excluding tert-OH is 6. The lowest BCUT2D eigenvalue weighted by Gasteiger charge is -2.18. The fourth-order valence-electron chi connectivity index (χ4n) is 10.3. The molecule has 0 saturated heterocycles. The van der Waals surface area contributed by atoms with Crippen molar-refractivity contribution in [3.05, 3.63) is 60.8 Å². The molecular formula is C63H100O17. The molecule has 6 unspecified atom stereocenters. The summed E-state index contributed by atoms with van der Waals surface area (Å²) in [6.07, 6.45) is 28.3. The van der Waals surface area contributed by atoms with Crippen LogP contribution < -0.4 is 0 Å². The van der Waals surface area contributed by atoms with Crippen LogP contribution in [0, 0.1) is 41.4 Å². The van der Waals surface area contributed by atoms with E-state index in [1.165, 1.54) is 19.3 Å². The summed E-state index contributed by atoms with van der Waals surface area (Å²) >= 11 is 0. The number of rotatable bonds is 38. The molecule has 3 fully saturated rings. The summed E-state index contributed by atoms with van der Waals surface area (Å²) in [6.45, 7) is 8.45. The van der Waals surface area contributed by atoms with E-state index in [4.69, 9.17) is 10.2 Å². The Labute approximate surface area is 476 Å². The van der Waals surface area contributed by atoms with Crippen LogP contribution >= 0.6 is 0 Å². The number of carbonyl (C=O) groups is 8. The molecule has 0 bridgehead atoms. The minimum absolute atomic E-state index is 0.0216. The minimum atomic E-state index is -0.967. The van der Waals surface area contributed by atoms with Crippen LogP contribution in [0.15, 0.2) is 60.8 Å². The maximum absolute atomic E-state index is 12.3. The van der Waals surface area contributed by atoms with Crippen LogP contribution in [0.2, 0.25) is 0 Å². The number of esters is 1. The first-order chi connectivity index (χ1) is 38.1. The second-order valence-corrected chi connectivity index (χ2v) is 22.1. The van der Waals surface area contributed by atoms with Crippen molar-refractivity contribution in [2.75, 3.05) is 7.11 Å². The van der Waals surface area contributed by atoms with Crippen LogP contribution in [0.4, 0.5) is 0 Å². The summed E-state index contributed by atoms with van der Waals surface area (Å²) < 4.78 is 4.57. The van der Waals surface area contributed by atoms with Crippen LogP contribution in [0.25, 0.3) is 0 Å². The average Bonchev–Trinajstić information content (AvgIpc) is 3.94. The van der Waals surface area contributed by atoms with E-state index < -0.39 is 72.2 Å². The topological polar surface area (TPSA) is 308 Å². The number of ether oxygens (including phenoxy) is 1. The summed E-state index contributed by atoms with van der Waals surface area (Å²) in [7, 11) is 1.33. The fourth-order valence-corrected chi connectivity index (χ4v) is 10.3. The maximum Gasteiger partial charge on any atom is 0.307 e. The summed E-state index contributed by atoms with van der Waals surface area (Å²) in [5, 5.41) is 77.8. The van der Waals surface area contributed by atoms with E-state index in [1.54, 1.807) is 36.5 Å². The molecule has 3 rings (SSSR count). The van der Waals surface area contributed by atoms with E-state index in [-0.39, 0.29) is 105 Å². The Morgan fingerprint density at radius 2 is 0.988 bits per heavy atom. The molecule has 0 aromatic heterocycles. The maximum atomic E-state index is 12.3. The molecule has 3 saturated carbocycles. The Morgan fingerprint density at radius 1 is 0.525 bits per heavy atom. The number of aliphatic carboxylic acids is 2. The lowest BCUT2D eigenvalue weighted by atomic mass is 9.87. The van der Waals surface area contributed by atoms with Gasteiger partial charge in [-0.25, -0.2) is 0 Å². The number of allylic oxidation sites excluding steroid dienone is 3. The predicted octanol–water partition coefficient (Wildman–Crippen LogP) is 9.06. The zero-order valence-corrected chi connectivity index (χ0v) is 48.6. The van der Waals surface area contributed by atoms with Gasteiger partial charge in [-0.05, 0) is 57.3 Å². The highest BCUT2D eigenvalue weighted by Gasteiger charge is 2.42. The molecule has 3 aliphatic carbocycles. The van der Waals surface area contributed by atoms with Crippen LogP contribution in [0.5, 0.6) is 0 Å². The highest BCUT2D eigenvalue weighted by atomic mass is 16.5. The Morgan fingerprint density at radius 3 is 1.48 bits per heavy atom. The number of carbonyl (C=O) groups excluding carboxylic acids is 6. The second-order valence-electron chi connectivity index (χ2n) is 22.1. The minimum Gasteiger partial charge on any atom is -0.481 e. The van der Waals surface area contributed by atoms with Crippen LogP contribution in [-0.2, 0) is 43.1 Å². The van der Waals surface area contributed by atoms with Gasteiger partial charge in [0.15, 0.2) is 0 Å². The quantitative estimate of drug-likeness (QED) is 0.0162. The SMILES string of the molecule is CCCCCC(O)/C=C/[C@H]1C(O)CC(=O)[C@@H]1C/C=C\CCCC(=O)O.CCCCCC(O)/C=C/[C@H]1C(O)CC(=O)[C@@H]1CC(=O)C/C=C/CC(=O)O.CCCC[C@H](C)CC(O)/C=C/[C@H]1C(O)CC(=O)[C@@H]1CC(=O)CCCCC(=O)OC. The predicted molar refractivity (Wildman–Crippen MR) is 306 cm³/mol. The Hall–Kier alpha value is -4.78. The smallest absolute Gasteiger partial charge is 0.307 e. The number of aliphatic hydroxyl groups is 6. The monoisotopic (exact) mass is 1130 g/mol. The number of carboxylic acids is 2. The average molecular weight is 1130 g/mol. The highest BCUT2D eigenvalue weighted by Crippen LogP contribution is 2.36. The van der Waals surface area contributed by atoms with Gasteiger partial charge < -0.3 is 45.6 Å². The molecule has 0 aliphatic heterocycles. The molecule has 17 heteroatoms. The molecule has 0 amide bonds. The number of unbranched alkanes of at least 4 members (excludes halogenated alkanes) is 7. The molecule has 13 atom stereocenters. The number of carboxylic acid groups (broad SMARTS) is 2.